The van der Waals surface area contributed by atoms with E-state index in [4.69, 9.17) is 6.57 Å². The molecular formula is C10H10N2. The molecule has 0 atom stereocenters. The molecule has 0 aromatic heterocycles. The van der Waals surface area contributed by atoms with Gasteiger partial charge in [0.15, 0.2) is 5.70 Å². The third kappa shape index (κ3) is 2.47. The van der Waals surface area contributed by atoms with Crippen LogP contribution in [-0.2, 0) is 0 Å². The number of anilines is 1. The predicted molar refractivity (Wildman–Crippen MR) is 50.4 cm³/mol. The maximum absolute atomic E-state index is 6.69. The number of benzene rings is 1. The van der Waals surface area contributed by atoms with Crippen LogP contribution in [0.25, 0.3) is 4.85 Å². The van der Waals surface area contributed by atoms with Crippen molar-refractivity contribution in [1.82, 2.24) is 0 Å². The fraction of sp³-hybridized carbons (Fsp3) is 0.100. The summed E-state index contributed by atoms with van der Waals surface area (Å²) in [5.41, 5.74) is 1.65. The van der Waals surface area contributed by atoms with Crippen molar-refractivity contribution in [3.8, 4) is 0 Å². The fourth-order valence-corrected chi connectivity index (χ4v) is 0.754. The maximum Gasteiger partial charge on any atom is 0.178 e. The van der Waals surface area contributed by atoms with Crippen molar-refractivity contribution < 1.29 is 0 Å². The highest BCUT2D eigenvalue weighted by Gasteiger charge is 1.85. The molecule has 0 saturated heterocycles. The molecule has 0 heterocycles. The molecule has 0 spiro atoms. The zero-order valence-electron chi connectivity index (χ0n) is 6.91. The Labute approximate surface area is 72.4 Å². The van der Waals surface area contributed by atoms with E-state index in [0.717, 1.165) is 5.69 Å². The largest absolute Gasteiger partial charge is 0.372 e. The SMILES string of the molecule is [C-]#[N+]/C(C)=C/Nc1ccccc1. The first kappa shape index (κ1) is 8.35. The van der Waals surface area contributed by atoms with Gasteiger partial charge in [-0.1, -0.05) is 18.2 Å². The van der Waals surface area contributed by atoms with Gasteiger partial charge in [0.2, 0.25) is 0 Å². The van der Waals surface area contributed by atoms with Crippen molar-refractivity contribution in [2.75, 3.05) is 5.32 Å². The Morgan fingerprint density at radius 1 is 1.42 bits per heavy atom. The average molecular weight is 158 g/mol. The zero-order chi connectivity index (χ0) is 8.81. The maximum atomic E-state index is 6.69. The summed E-state index contributed by atoms with van der Waals surface area (Å²) in [7, 11) is 0. The lowest BCUT2D eigenvalue weighted by Crippen LogP contribution is -1.86. The molecule has 2 heteroatoms. The van der Waals surface area contributed by atoms with Crippen molar-refractivity contribution >= 4 is 5.69 Å². The molecule has 12 heavy (non-hydrogen) atoms. The van der Waals surface area contributed by atoms with Gasteiger partial charge in [-0.15, -0.1) is 0 Å². The van der Waals surface area contributed by atoms with Gasteiger partial charge < -0.3 is 5.32 Å². The van der Waals surface area contributed by atoms with E-state index in [2.05, 4.69) is 10.2 Å². The molecule has 1 N–H and O–H groups in total. The summed E-state index contributed by atoms with van der Waals surface area (Å²) >= 11 is 0. The normalized spacial score (nSPS) is 10.5. The summed E-state index contributed by atoms with van der Waals surface area (Å²) in [5, 5.41) is 3.02. The molecule has 1 rings (SSSR count). The van der Waals surface area contributed by atoms with Crippen LogP contribution in [0.4, 0.5) is 5.69 Å². The lowest BCUT2D eigenvalue weighted by atomic mass is 10.3. The van der Waals surface area contributed by atoms with Gasteiger partial charge in [-0.25, -0.2) is 4.85 Å². The number of nitrogens with one attached hydrogen (secondary N) is 1. The number of hydrogen-bond donors (Lipinski definition) is 1. The molecule has 1 aromatic rings. The Balaban J connectivity index is 2.61. The van der Waals surface area contributed by atoms with Gasteiger partial charge in [0.1, 0.15) is 0 Å². The van der Waals surface area contributed by atoms with Gasteiger partial charge in [0.25, 0.3) is 0 Å². The van der Waals surface area contributed by atoms with E-state index in [1.54, 1.807) is 13.1 Å². The Kier molecular flexibility index (Phi) is 2.92. The third-order valence-corrected chi connectivity index (χ3v) is 1.40. The third-order valence-electron chi connectivity index (χ3n) is 1.40. The second-order valence-corrected chi connectivity index (χ2v) is 2.41. The van der Waals surface area contributed by atoms with E-state index in [1.165, 1.54) is 0 Å². The van der Waals surface area contributed by atoms with Crippen LogP contribution in [0.5, 0.6) is 0 Å². The summed E-state index contributed by atoms with van der Waals surface area (Å²) in [6.45, 7) is 8.46. The first-order chi connectivity index (χ1) is 5.83. The van der Waals surface area contributed by atoms with Crippen molar-refractivity contribution in [2.24, 2.45) is 0 Å². The van der Waals surface area contributed by atoms with Crippen molar-refractivity contribution in [2.45, 2.75) is 6.92 Å². The molecule has 0 radical (unpaired) electrons. The van der Waals surface area contributed by atoms with Crippen molar-refractivity contribution in [1.29, 1.82) is 0 Å². The van der Waals surface area contributed by atoms with Crippen LogP contribution < -0.4 is 5.32 Å². The number of nitrogens with zero attached hydrogens (tertiary/aromatic N) is 1. The molecule has 0 bridgehead atoms. The molecule has 60 valence electrons. The molecule has 2 nitrogen and oxygen atoms in total. The van der Waals surface area contributed by atoms with Crippen LogP contribution >= 0.6 is 0 Å². The molecule has 0 aliphatic rings. The average Bonchev–Trinajstić information content (AvgIpc) is 2.16. The van der Waals surface area contributed by atoms with Gasteiger partial charge in [-0.2, -0.15) is 0 Å². The molecule has 0 aliphatic carbocycles. The number of allylic oxidation sites excluding steroid dienone is 1. The van der Waals surface area contributed by atoms with E-state index < -0.39 is 0 Å². The van der Waals surface area contributed by atoms with Crippen LogP contribution in [0.1, 0.15) is 6.92 Å². The minimum absolute atomic E-state index is 0.652. The monoisotopic (exact) mass is 158 g/mol. The second-order valence-electron chi connectivity index (χ2n) is 2.41. The highest BCUT2D eigenvalue weighted by molar-refractivity contribution is 5.45. The standard InChI is InChI=1S/C10H10N2/c1-9(11-2)8-12-10-6-4-3-5-7-10/h3-8,12H,1H3/b9-8+. The van der Waals surface area contributed by atoms with Gasteiger partial charge in [0, 0.05) is 11.9 Å². The smallest absolute Gasteiger partial charge is 0.178 e. The van der Waals surface area contributed by atoms with Crippen molar-refractivity contribution in [3.63, 3.8) is 0 Å². The highest BCUT2D eigenvalue weighted by Crippen LogP contribution is 2.05. The molecule has 0 fully saturated rings. The van der Waals surface area contributed by atoms with E-state index in [0.29, 0.717) is 5.70 Å². The summed E-state index contributed by atoms with van der Waals surface area (Å²) in [5.74, 6) is 0. The molecule has 0 amide bonds. The first-order valence-corrected chi connectivity index (χ1v) is 3.69. The van der Waals surface area contributed by atoms with Crippen LogP contribution in [0.3, 0.4) is 0 Å². The molecule has 0 unspecified atom stereocenters. The Morgan fingerprint density at radius 3 is 2.67 bits per heavy atom. The van der Waals surface area contributed by atoms with Crippen LogP contribution in [0, 0.1) is 6.57 Å². The van der Waals surface area contributed by atoms with E-state index in [9.17, 15) is 0 Å². The van der Waals surface area contributed by atoms with Gasteiger partial charge >= 0.3 is 0 Å². The van der Waals surface area contributed by atoms with Gasteiger partial charge in [-0.05, 0) is 19.1 Å². The Hall–Kier alpha value is -1.75. The topological polar surface area (TPSA) is 16.4 Å². The minimum atomic E-state index is 0.652. The number of rotatable bonds is 2. The van der Waals surface area contributed by atoms with Gasteiger partial charge in [-0.3, -0.25) is 0 Å². The van der Waals surface area contributed by atoms with Crippen molar-refractivity contribution in [3.05, 3.63) is 53.6 Å². The van der Waals surface area contributed by atoms with E-state index in [1.807, 2.05) is 30.3 Å². The summed E-state index contributed by atoms with van der Waals surface area (Å²) < 4.78 is 0. The number of hydrogen-bond acceptors (Lipinski definition) is 1. The quantitative estimate of drug-likeness (QED) is 0.654. The molecule has 0 saturated carbocycles. The molecule has 1 aromatic carbocycles. The molecule has 0 aliphatic heterocycles. The Morgan fingerprint density at radius 2 is 2.08 bits per heavy atom. The second kappa shape index (κ2) is 4.20. The lowest BCUT2D eigenvalue weighted by Gasteiger charge is -1.98. The first-order valence-electron chi connectivity index (χ1n) is 3.69. The van der Waals surface area contributed by atoms with Crippen LogP contribution in [-0.4, -0.2) is 0 Å². The van der Waals surface area contributed by atoms with Crippen LogP contribution in [0.2, 0.25) is 0 Å². The molecular weight excluding hydrogens is 148 g/mol. The van der Waals surface area contributed by atoms with E-state index >= 15 is 0 Å². The lowest BCUT2D eigenvalue weighted by molar-refractivity contribution is 1.46. The van der Waals surface area contributed by atoms with E-state index in [-0.39, 0.29) is 0 Å². The number of para-hydroxylation sites is 1. The van der Waals surface area contributed by atoms with Gasteiger partial charge in [0.05, 0.1) is 6.57 Å². The van der Waals surface area contributed by atoms with Crippen LogP contribution in [0.15, 0.2) is 42.2 Å². The fourth-order valence-electron chi connectivity index (χ4n) is 0.754. The zero-order valence-corrected chi connectivity index (χ0v) is 6.91. The highest BCUT2D eigenvalue weighted by atomic mass is 14.9. The predicted octanol–water partition coefficient (Wildman–Crippen LogP) is 2.88. The summed E-state index contributed by atoms with van der Waals surface area (Å²) in [6, 6.07) is 9.75. The summed E-state index contributed by atoms with van der Waals surface area (Å²) in [6.07, 6.45) is 1.70. The minimum Gasteiger partial charge on any atom is -0.372 e. The summed E-state index contributed by atoms with van der Waals surface area (Å²) in [4.78, 5) is 3.25. The Bertz CT molecular complexity index is 306.